The van der Waals surface area contributed by atoms with Crippen molar-refractivity contribution in [3.8, 4) is 11.5 Å². The Balaban J connectivity index is 1.86. The fourth-order valence-electron chi connectivity index (χ4n) is 4.26. The Kier molecular flexibility index (Phi) is 8.78. The molecule has 12 heteroatoms. The number of aromatic nitrogens is 1. The number of benzene rings is 2. The van der Waals surface area contributed by atoms with E-state index in [2.05, 4.69) is 23.5 Å². The fourth-order valence-corrected chi connectivity index (χ4v) is 5.00. The lowest BCUT2D eigenvalue weighted by atomic mass is 10.0. The number of nitrogens with zero attached hydrogens (tertiary/aromatic N) is 3. The Morgan fingerprint density at radius 2 is 1.68 bits per heavy atom. The van der Waals surface area contributed by atoms with Crippen LogP contribution in [-0.2, 0) is 4.79 Å². The summed E-state index contributed by atoms with van der Waals surface area (Å²) in [4.78, 5) is 43.3. The van der Waals surface area contributed by atoms with Gasteiger partial charge in [0.15, 0.2) is 17.2 Å². The van der Waals surface area contributed by atoms with Gasteiger partial charge in [-0.1, -0.05) is 26.0 Å². The number of carbonyl (C=O) groups excluding carboxylic acids is 3. The molecule has 5 N–H and O–H groups in total. The molecule has 1 aliphatic rings. The Morgan fingerprint density at radius 3 is 2.27 bits per heavy atom. The average molecular weight is 567 g/mol. The Hall–Kier alpha value is -4.32. The first-order valence-electron chi connectivity index (χ1n) is 12.9. The van der Waals surface area contributed by atoms with Crippen molar-refractivity contribution in [2.24, 2.45) is 11.7 Å². The molecule has 2 heterocycles. The van der Waals surface area contributed by atoms with Crippen molar-refractivity contribution < 1.29 is 23.9 Å². The first kappa shape index (κ1) is 28.7. The smallest absolute Gasteiger partial charge is 0.273 e. The molecule has 212 valence electrons. The van der Waals surface area contributed by atoms with Gasteiger partial charge in [-0.2, -0.15) is 4.37 Å². The maximum atomic E-state index is 14.3. The van der Waals surface area contributed by atoms with E-state index in [-0.39, 0.29) is 22.2 Å². The van der Waals surface area contributed by atoms with E-state index in [0.717, 1.165) is 23.6 Å². The van der Waals surface area contributed by atoms with Crippen LogP contribution < -0.4 is 36.1 Å². The van der Waals surface area contributed by atoms with E-state index in [0.29, 0.717) is 48.4 Å². The van der Waals surface area contributed by atoms with Gasteiger partial charge in [0.1, 0.15) is 24.1 Å². The minimum atomic E-state index is -1.09. The molecule has 0 fully saturated rings. The number of carbonyl (C=O) groups is 3. The van der Waals surface area contributed by atoms with Crippen molar-refractivity contribution in [2.45, 2.75) is 26.3 Å². The predicted molar refractivity (Wildman–Crippen MR) is 155 cm³/mol. The van der Waals surface area contributed by atoms with Gasteiger partial charge in [0.05, 0.1) is 5.69 Å². The summed E-state index contributed by atoms with van der Waals surface area (Å²) >= 11 is 0.755. The van der Waals surface area contributed by atoms with E-state index >= 15 is 0 Å². The van der Waals surface area contributed by atoms with Crippen LogP contribution in [0.1, 0.15) is 52.0 Å². The van der Waals surface area contributed by atoms with Gasteiger partial charge in [-0.25, -0.2) is 0 Å². The summed E-state index contributed by atoms with van der Waals surface area (Å²) in [5, 5.41) is 2.99. The van der Waals surface area contributed by atoms with Crippen LogP contribution in [0.4, 0.5) is 17.1 Å². The summed E-state index contributed by atoms with van der Waals surface area (Å²) in [5.74, 6) is -0.485. The molecule has 0 aliphatic carbocycles. The van der Waals surface area contributed by atoms with E-state index < -0.39 is 17.9 Å². The molecule has 0 spiro atoms. The number of amides is 3. The molecule has 1 aromatic heterocycles. The monoisotopic (exact) mass is 566 g/mol. The minimum absolute atomic E-state index is 0.00594. The second kappa shape index (κ2) is 12.2. The normalized spacial score (nSPS) is 13.0. The van der Waals surface area contributed by atoms with Crippen molar-refractivity contribution in [3.05, 3.63) is 58.6 Å². The SMILES string of the molecule is CC(C)CCNC(=O)[C@@H](c1ccc(N(C)C)cc1)N(C(=O)c1snc(C(N)=O)c1N)c1ccc2c(c1)OCCO2. The van der Waals surface area contributed by atoms with Crippen molar-refractivity contribution >= 4 is 46.3 Å². The number of nitrogens with two attached hydrogens (primary N) is 2. The minimum Gasteiger partial charge on any atom is -0.486 e. The Labute approximate surface area is 237 Å². The fraction of sp³-hybridized carbons (Fsp3) is 0.357. The third kappa shape index (κ3) is 6.12. The number of nitrogen functional groups attached to an aromatic ring is 1. The maximum Gasteiger partial charge on any atom is 0.273 e. The molecule has 11 nitrogen and oxygen atoms in total. The summed E-state index contributed by atoms with van der Waals surface area (Å²) in [6, 6.07) is 11.3. The maximum absolute atomic E-state index is 14.3. The summed E-state index contributed by atoms with van der Waals surface area (Å²) in [6.07, 6.45) is 0.764. The highest BCUT2D eigenvalue weighted by Gasteiger charge is 2.36. The lowest BCUT2D eigenvalue weighted by Gasteiger charge is -2.32. The van der Waals surface area contributed by atoms with Crippen LogP contribution in [0.15, 0.2) is 42.5 Å². The zero-order chi connectivity index (χ0) is 29.0. The third-order valence-corrected chi connectivity index (χ3v) is 7.28. The van der Waals surface area contributed by atoms with E-state index in [4.69, 9.17) is 20.9 Å². The molecule has 1 aliphatic heterocycles. The van der Waals surface area contributed by atoms with Crippen LogP contribution >= 0.6 is 11.5 Å². The standard InChI is InChI=1S/C28H34N6O5S/c1-16(2)11-12-31-27(36)24(17-5-7-18(8-6-17)33(3)4)34(19-9-10-20-21(15-19)39-14-13-38-20)28(37)25-22(29)23(26(30)35)32-40-25/h5-10,15-16,24H,11-14,29H2,1-4H3,(H2,30,35)(H,31,36)/t24-/m1/s1. The van der Waals surface area contributed by atoms with Gasteiger partial charge < -0.3 is 31.2 Å². The largest absolute Gasteiger partial charge is 0.486 e. The van der Waals surface area contributed by atoms with Gasteiger partial charge in [-0.15, -0.1) is 0 Å². The summed E-state index contributed by atoms with van der Waals surface area (Å²) in [7, 11) is 3.83. The van der Waals surface area contributed by atoms with Crippen molar-refractivity contribution in [3.63, 3.8) is 0 Å². The number of hydrogen-bond donors (Lipinski definition) is 3. The zero-order valence-corrected chi connectivity index (χ0v) is 23.8. The van der Waals surface area contributed by atoms with Gasteiger partial charge in [-0.3, -0.25) is 19.3 Å². The molecule has 4 rings (SSSR count). The van der Waals surface area contributed by atoms with Gasteiger partial charge in [0, 0.05) is 38.1 Å². The van der Waals surface area contributed by atoms with Crippen LogP contribution in [0.3, 0.4) is 0 Å². The van der Waals surface area contributed by atoms with Gasteiger partial charge >= 0.3 is 0 Å². The number of hydrogen-bond acceptors (Lipinski definition) is 9. The van der Waals surface area contributed by atoms with Gasteiger partial charge in [0.2, 0.25) is 5.91 Å². The van der Waals surface area contributed by atoms with Crippen LogP contribution in [0.25, 0.3) is 0 Å². The van der Waals surface area contributed by atoms with E-state index in [1.807, 2.05) is 43.3 Å². The highest BCUT2D eigenvalue weighted by atomic mass is 32.1. The number of primary amides is 1. The molecule has 0 bridgehead atoms. The third-order valence-electron chi connectivity index (χ3n) is 6.43. The van der Waals surface area contributed by atoms with E-state index in [1.54, 1.807) is 18.2 Å². The molecule has 40 heavy (non-hydrogen) atoms. The molecule has 1 atom stereocenters. The number of ether oxygens (including phenoxy) is 2. The molecular weight excluding hydrogens is 532 g/mol. The van der Waals surface area contributed by atoms with Crippen molar-refractivity contribution in [1.29, 1.82) is 0 Å². The van der Waals surface area contributed by atoms with Crippen molar-refractivity contribution in [1.82, 2.24) is 9.69 Å². The molecule has 0 saturated heterocycles. The Morgan fingerprint density at radius 1 is 1.02 bits per heavy atom. The van der Waals surface area contributed by atoms with E-state index in [1.165, 1.54) is 4.90 Å². The molecule has 2 aromatic carbocycles. The first-order valence-corrected chi connectivity index (χ1v) is 13.7. The molecule has 0 radical (unpaired) electrons. The van der Waals surface area contributed by atoms with Crippen LogP contribution in [0.2, 0.25) is 0 Å². The average Bonchev–Trinajstić information content (AvgIpc) is 3.32. The number of anilines is 3. The first-order chi connectivity index (χ1) is 19.1. The zero-order valence-electron chi connectivity index (χ0n) is 23.0. The molecular formula is C28H34N6O5S. The lowest BCUT2D eigenvalue weighted by molar-refractivity contribution is -0.122. The van der Waals surface area contributed by atoms with Crippen LogP contribution in [-0.4, -0.2) is 55.9 Å². The molecule has 3 amide bonds. The van der Waals surface area contributed by atoms with Gasteiger partial charge in [-0.05, 0) is 53.7 Å². The van der Waals surface area contributed by atoms with Crippen LogP contribution in [0, 0.1) is 5.92 Å². The number of fused-ring (bicyclic) bond motifs is 1. The summed E-state index contributed by atoms with van der Waals surface area (Å²) in [6.45, 7) is 5.32. The number of rotatable bonds is 10. The lowest BCUT2D eigenvalue weighted by Crippen LogP contribution is -2.44. The second-order valence-electron chi connectivity index (χ2n) is 10.0. The topological polar surface area (TPSA) is 153 Å². The summed E-state index contributed by atoms with van der Waals surface area (Å²) in [5.41, 5.74) is 13.1. The molecule has 3 aromatic rings. The van der Waals surface area contributed by atoms with Crippen molar-refractivity contribution in [2.75, 3.05) is 49.4 Å². The molecule has 0 unspecified atom stereocenters. The highest BCUT2D eigenvalue weighted by Crippen LogP contribution is 2.39. The molecule has 0 saturated carbocycles. The second-order valence-corrected chi connectivity index (χ2v) is 10.8. The van der Waals surface area contributed by atoms with Crippen LogP contribution in [0.5, 0.6) is 11.5 Å². The number of nitrogens with one attached hydrogen (secondary N) is 1. The quantitative estimate of drug-likeness (QED) is 0.338. The van der Waals surface area contributed by atoms with E-state index in [9.17, 15) is 14.4 Å². The van der Waals surface area contributed by atoms with Gasteiger partial charge in [0.25, 0.3) is 11.8 Å². The highest BCUT2D eigenvalue weighted by molar-refractivity contribution is 7.09. The Bertz CT molecular complexity index is 1390. The summed E-state index contributed by atoms with van der Waals surface area (Å²) < 4.78 is 15.4. The predicted octanol–water partition coefficient (Wildman–Crippen LogP) is 3.21.